The van der Waals surface area contributed by atoms with Crippen molar-refractivity contribution in [1.82, 2.24) is 19.4 Å². The number of hydrogen-bond donors (Lipinski definition) is 1. The Kier molecular flexibility index (Phi) is 3.69. The van der Waals surface area contributed by atoms with Gasteiger partial charge in [0.2, 0.25) is 0 Å². The maximum Gasteiger partial charge on any atom is 0.267 e. The Morgan fingerprint density at radius 3 is 2.77 bits per heavy atom. The second kappa shape index (κ2) is 6.03. The first-order valence-electron chi connectivity index (χ1n) is 7.90. The van der Waals surface area contributed by atoms with Crippen LogP contribution in [-0.4, -0.2) is 25.3 Å². The predicted octanol–water partition coefficient (Wildman–Crippen LogP) is 3.00. The highest BCUT2D eigenvalue weighted by molar-refractivity contribution is 5.92. The Hall–Kier alpha value is -3.61. The highest BCUT2D eigenvalue weighted by Crippen LogP contribution is 2.30. The zero-order valence-electron chi connectivity index (χ0n) is 13.8. The van der Waals surface area contributed by atoms with Crippen molar-refractivity contribution >= 4 is 11.6 Å². The molecule has 4 aromatic rings. The van der Waals surface area contributed by atoms with Gasteiger partial charge in [-0.25, -0.2) is 9.37 Å². The lowest BCUT2D eigenvalue weighted by Gasteiger charge is -2.10. The molecule has 7 heteroatoms. The zero-order chi connectivity index (χ0) is 18.3. The molecule has 4 rings (SSSR count). The number of rotatable bonds is 3. The maximum atomic E-state index is 13.9. The van der Waals surface area contributed by atoms with Crippen LogP contribution in [0.2, 0.25) is 0 Å². The lowest BCUT2D eigenvalue weighted by molar-refractivity contribution is 0.0995. The summed E-state index contributed by atoms with van der Waals surface area (Å²) in [4.78, 5) is 24.4. The number of imidazole rings is 1. The fourth-order valence-electron chi connectivity index (χ4n) is 2.86. The van der Waals surface area contributed by atoms with Crippen LogP contribution in [0.25, 0.3) is 28.2 Å². The van der Waals surface area contributed by atoms with Crippen LogP contribution in [0.15, 0.2) is 55.0 Å². The topological polar surface area (TPSA) is 86.2 Å². The standard InChI is InChI=1S/C19H14FN5O/c1-11-3-2-4-15(24-11)18-14(7-13(20)8-23-18)12-5-6-17-22-9-16(19(21)26)25(17)10-12/h2-10H,1H3,(H2,21,26). The summed E-state index contributed by atoms with van der Waals surface area (Å²) < 4.78 is 15.5. The molecule has 0 fully saturated rings. The molecule has 1 amide bonds. The molecule has 0 aromatic carbocycles. The molecule has 0 bridgehead atoms. The normalized spacial score (nSPS) is 11.0. The summed E-state index contributed by atoms with van der Waals surface area (Å²) in [5.74, 6) is -1.05. The summed E-state index contributed by atoms with van der Waals surface area (Å²) in [6.07, 6.45) is 4.26. The third-order valence-electron chi connectivity index (χ3n) is 4.05. The maximum absolute atomic E-state index is 13.9. The van der Waals surface area contributed by atoms with Crippen LogP contribution in [0.4, 0.5) is 4.39 Å². The number of aromatic nitrogens is 4. The number of halogens is 1. The molecule has 0 saturated carbocycles. The van der Waals surface area contributed by atoms with Gasteiger partial charge in [0.25, 0.3) is 5.91 Å². The van der Waals surface area contributed by atoms with Gasteiger partial charge in [-0.05, 0) is 37.3 Å². The van der Waals surface area contributed by atoms with Gasteiger partial charge in [-0.2, -0.15) is 0 Å². The van der Waals surface area contributed by atoms with Crippen molar-refractivity contribution in [2.45, 2.75) is 6.92 Å². The van der Waals surface area contributed by atoms with Crippen LogP contribution in [0.5, 0.6) is 0 Å². The number of aryl methyl sites for hydroxylation is 1. The van der Waals surface area contributed by atoms with E-state index in [0.717, 1.165) is 11.9 Å². The fourth-order valence-corrected chi connectivity index (χ4v) is 2.86. The van der Waals surface area contributed by atoms with Gasteiger partial charge in [-0.15, -0.1) is 0 Å². The van der Waals surface area contributed by atoms with Crippen molar-refractivity contribution in [3.63, 3.8) is 0 Å². The molecule has 0 aliphatic heterocycles. The van der Waals surface area contributed by atoms with E-state index >= 15 is 0 Å². The predicted molar refractivity (Wildman–Crippen MR) is 94.9 cm³/mol. The van der Waals surface area contributed by atoms with E-state index in [1.165, 1.54) is 12.3 Å². The van der Waals surface area contributed by atoms with Crippen molar-refractivity contribution in [2.24, 2.45) is 5.73 Å². The molecular formula is C19H14FN5O. The molecule has 0 aliphatic rings. The van der Waals surface area contributed by atoms with Crippen molar-refractivity contribution in [2.75, 3.05) is 0 Å². The summed E-state index contributed by atoms with van der Waals surface area (Å²) in [6.45, 7) is 1.88. The number of nitrogens with two attached hydrogens (primary N) is 1. The van der Waals surface area contributed by atoms with Crippen LogP contribution < -0.4 is 5.73 Å². The molecule has 0 aliphatic carbocycles. The van der Waals surface area contributed by atoms with Gasteiger partial charge in [0, 0.05) is 23.0 Å². The van der Waals surface area contributed by atoms with Gasteiger partial charge < -0.3 is 5.73 Å². The largest absolute Gasteiger partial charge is 0.364 e. The fraction of sp³-hybridized carbons (Fsp3) is 0.0526. The number of amides is 1. The molecule has 0 unspecified atom stereocenters. The minimum Gasteiger partial charge on any atom is -0.364 e. The van der Waals surface area contributed by atoms with E-state index in [1.807, 2.05) is 25.1 Å². The van der Waals surface area contributed by atoms with Crippen molar-refractivity contribution in [1.29, 1.82) is 0 Å². The first kappa shape index (κ1) is 15.9. The Labute approximate surface area is 148 Å². The monoisotopic (exact) mass is 347 g/mol. The average molecular weight is 347 g/mol. The number of carbonyl (C=O) groups excluding carboxylic acids is 1. The van der Waals surface area contributed by atoms with Gasteiger partial charge in [0.15, 0.2) is 0 Å². The number of primary amides is 1. The highest BCUT2D eigenvalue weighted by atomic mass is 19.1. The number of nitrogens with zero attached hydrogens (tertiary/aromatic N) is 4. The number of hydrogen-bond acceptors (Lipinski definition) is 4. The van der Waals surface area contributed by atoms with Gasteiger partial charge in [-0.3, -0.25) is 19.2 Å². The van der Waals surface area contributed by atoms with E-state index in [1.54, 1.807) is 22.7 Å². The molecule has 26 heavy (non-hydrogen) atoms. The zero-order valence-corrected chi connectivity index (χ0v) is 13.8. The SMILES string of the molecule is Cc1cccc(-c2ncc(F)cc2-c2ccc3ncc(C(N)=O)n3c2)n1. The minimum absolute atomic E-state index is 0.251. The van der Waals surface area contributed by atoms with E-state index in [4.69, 9.17) is 5.73 Å². The van der Waals surface area contributed by atoms with Gasteiger partial charge in [0.1, 0.15) is 17.2 Å². The molecule has 128 valence electrons. The van der Waals surface area contributed by atoms with Crippen molar-refractivity contribution in [3.05, 3.63) is 72.2 Å². The summed E-state index contributed by atoms with van der Waals surface area (Å²) in [5.41, 5.74) is 9.47. The van der Waals surface area contributed by atoms with E-state index in [9.17, 15) is 9.18 Å². The molecule has 0 saturated heterocycles. The summed E-state index contributed by atoms with van der Waals surface area (Å²) >= 11 is 0. The first-order valence-corrected chi connectivity index (χ1v) is 7.90. The molecule has 0 spiro atoms. The molecule has 0 radical (unpaired) electrons. The van der Waals surface area contributed by atoms with Crippen molar-refractivity contribution in [3.8, 4) is 22.5 Å². The highest BCUT2D eigenvalue weighted by Gasteiger charge is 2.15. The van der Waals surface area contributed by atoms with E-state index < -0.39 is 11.7 Å². The number of fused-ring (bicyclic) bond motifs is 1. The average Bonchev–Trinajstić information content (AvgIpc) is 3.05. The lowest BCUT2D eigenvalue weighted by atomic mass is 10.0. The Morgan fingerprint density at radius 1 is 1.15 bits per heavy atom. The van der Waals surface area contributed by atoms with Gasteiger partial charge in [0.05, 0.1) is 23.8 Å². The quantitative estimate of drug-likeness (QED) is 0.617. The Balaban J connectivity index is 1.95. The first-order chi connectivity index (χ1) is 12.5. The third-order valence-corrected chi connectivity index (χ3v) is 4.05. The van der Waals surface area contributed by atoms with Crippen LogP contribution >= 0.6 is 0 Å². The summed E-state index contributed by atoms with van der Waals surface area (Å²) in [6, 6.07) is 10.5. The lowest BCUT2D eigenvalue weighted by Crippen LogP contribution is -2.13. The summed E-state index contributed by atoms with van der Waals surface area (Å²) in [5, 5.41) is 0. The number of pyridine rings is 3. The van der Waals surface area contributed by atoms with Crippen LogP contribution in [0, 0.1) is 12.7 Å². The van der Waals surface area contributed by atoms with E-state index in [-0.39, 0.29) is 5.69 Å². The Bertz CT molecular complexity index is 1150. The minimum atomic E-state index is -0.590. The second-order valence-corrected chi connectivity index (χ2v) is 5.87. The van der Waals surface area contributed by atoms with Crippen LogP contribution in [0.3, 0.4) is 0 Å². The van der Waals surface area contributed by atoms with Crippen LogP contribution in [-0.2, 0) is 0 Å². The molecular weight excluding hydrogens is 333 g/mol. The number of carbonyl (C=O) groups is 1. The van der Waals surface area contributed by atoms with Crippen LogP contribution in [0.1, 0.15) is 16.2 Å². The van der Waals surface area contributed by atoms with E-state index in [2.05, 4.69) is 15.0 Å². The third kappa shape index (κ3) is 2.69. The van der Waals surface area contributed by atoms with Gasteiger partial charge >= 0.3 is 0 Å². The smallest absolute Gasteiger partial charge is 0.267 e. The summed E-state index contributed by atoms with van der Waals surface area (Å²) in [7, 11) is 0. The molecule has 2 N–H and O–H groups in total. The van der Waals surface area contributed by atoms with Gasteiger partial charge in [-0.1, -0.05) is 6.07 Å². The molecule has 4 heterocycles. The molecule has 6 nitrogen and oxygen atoms in total. The van der Waals surface area contributed by atoms with E-state index in [0.29, 0.717) is 28.2 Å². The van der Waals surface area contributed by atoms with Crippen molar-refractivity contribution < 1.29 is 9.18 Å². The molecule has 4 aromatic heterocycles. The molecule has 0 atom stereocenters. The Morgan fingerprint density at radius 2 is 2.00 bits per heavy atom. The second-order valence-electron chi connectivity index (χ2n) is 5.87.